The van der Waals surface area contributed by atoms with Crippen LogP contribution in [0.2, 0.25) is 0 Å². The van der Waals surface area contributed by atoms with E-state index in [-0.39, 0.29) is 5.82 Å². The van der Waals surface area contributed by atoms with Crippen molar-refractivity contribution in [2.24, 2.45) is 0 Å². The largest absolute Gasteiger partial charge is 0.462 e. The average Bonchev–Trinajstić information content (AvgIpc) is 2.68. The fourth-order valence-corrected chi connectivity index (χ4v) is 2.23. The van der Waals surface area contributed by atoms with Crippen LogP contribution in [-0.2, 0) is 4.74 Å². The summed E-state index contributed by atoms with van der Waals surface area (Å²) >= 11 is 1.24. The molecule has 6 heteroatoms. The molecule has 0 saturated heterocycles. The lowest BCUT2D eigenvalue weighted by molar-refractivity contribution is 0.0528. The van der Waals surface area contributed by atoms with Crippen LogP contribution in [0.15, 0.2) is 0 Å². The molecule has 1 heterocycles. The van der Waals surface area contributed by atoms with Gasteiger partial charge >= 0.3 is 5.97 Å². The summed E-state index contributed by atoms with van der Waals surface area (Å²) in [6.45, 7) is 5.12. The minimum absolute atomic E-state index is 0.256. The van der Waals surface area contributed by atoms with Crippen LogP contribution >= 0.6 is 11.5 Å². The molecule has 1 aromatic rings. The summed E-state index contributed by atoms with van der Waals surface area (Å²) in [7, 11) is 1.94. The highest BCUT2D eigenvalue weighted by Crippen LogP contribution is 2.30. The number of rotatable bonds is 6. The van der Waals surface area contributed by atoms with Gasteiger partial charge in [0.15, 0.2) is 5.82 Å². The number of carbonyl (C=O) groups is 1. The number of ether oxygens (including phenoxy) is 1. The summed E-state index contributed by atoms with van der Waals surface area (Å²) < 4.78 is 9.01. The van der Waals surface area contributed by atoms with Crippen LogP contribution in [0.4, 0.5) is 10.8 Å². The molecule has 2 N–H and O–H groups in total. The van der Waals surface area contributed by atoms with E-state index in [4.69, 9.17) is 10.5 Å². The first-order valence-electron chi connectivity index (χ1n) is 5.75. The molecule has 0 fully saturated rings. The van der Waals surface area contributed by atoms with Gasteiger partial charge in [0.1, 0.15) is 10.6 Å². The first kappa shape index (κ1) is 13.8. The Hall–Kier alpha value is -1.30. The molecule has 1 rings (SSSR count). The Morgan fingerprint density at radius 3 is 2.82 bits per heavy atom. The number of carbonyl (C=O) groups excluding carboxylic acids is 1. The van der Waals surface area contributed by atoms with E-state index in [2.05, 4.69) is 11.3 Å². The SMILES string of the molecule is CCCCN(C)c1snc(N)c1C(=O)OCC. The fourth-order valence-electron chi connectivity index (χ4n) is 1.45. The number of esters is 1. The Morgan fingerprint density at radius 1 is 1.53 bits per heavy atom. The molecule has 1 aromatic heterocycles. The van der Waals surface area contributed by atoms with Crippen molar-refractivity contribution >= 4 is 28.3 Å². The molecule has 0 saturated carbocycles. The predicted molar refractivity (Wildman–Crippen MR) is 70.7 cm³/mol. The maximum atomic E-state index is 11.8. The van der Waals surface area contributed by atoms with E-state index in [1.807, 2.05) is 11.9 Å². The van der Waals surface area contributed by atoms with E-state index in [0.29, 0.717) is 12.2 Å². The second-order valence-electron chi connectivity index (χ2n) is 3.74. The molecule has 17 heavy (non-hydrogen) atoms. The number of nitrogens with two attached hydrogens (primary N) is 1. The highest BCUT2D eigenvalue weighted by Gasteiger charge is 2.22. The lowest BCUT2D eigenvalue weighted by atomic mass is 10.3. The highest BCUT2D eigenvalue weighted by atomic mass is 32.1. The first-order valence-corrected chi connectivity index (χ1v) is 6.52. The zero-order valence-corrected chi connectivity index (χ0v) is 11.3. The zero-order chi connectivity index (χ0) is 12.8. The van der Waals surface area contributed by atoms with E-state index in [9.17, 15) is 4.79 Å². The molecule has 0 aliphatic rings. The van der Waals surface area contributed by atoms with Gasteiger partial charge in [-0.15, -0.1) is 0 Å². The summed E-state index contributed by atoms with van der Waals surface area (Å²) in [6.07, 6.45) is 2.17. The molecule has 0 aliphatic carbocycles. The number of unbranched alkanes of at least 4 members (excludes halogenated alkanes) is 1. The van der Waals surface area contributed by atoms with Crippen molar-refractivity contribution in [3.8, 4) is 0 Å². The Morgan fingerprint density at radius 2 is 2.24 bits per heavy atom. The topological polar surface area (TPSA) is 68.5 Å². The number of nitrogens with zero attached hydrogens (tertiary/aromatic N) is 2. The van der Waals surface area contributed by atoms with Crippen molar-refractivity contribution in [2.45, 2.75) is 26.7 Å². The van der Waals surface area contributed by atoms with Gasteiger partial charge in [-0.3, -0.25) is 0 Å². The van der Waals surface area contributed by atoms with Crippen LogP contribution in [0.25, 0.3) is 0 Å². The molecule has 5 nitrogen and oxygen atoms in total. The van der Waals surface area contributed by atoms with Crippen LogP contribution in [0, 0.1) is 0 Å². The van der Waals surface area contributed by atoms with Crippen molar-refractivity contribution < 1.29 is 9.53 Å². The minimum Gasteiger partial charge on any atom is -0.462 e. The fraction of sp³-hybridized carbons (Fsp3) is 0.636. The minimum atomic E-state index is -0.392. The molecule has 0 atom stereocenters. The van der Waals surface area contributed by atoms with Crippen LogP contribution in [0.5, 0.6) is 0 Å². The maximum absolute atomic E-state index is 11.8. The third kappa shape index (κ3) is 3.33. The quantitative estimate of drug-likeness (QED) is 0.791. The number of hydrogen-bond donors (Lipinski definition) is 1. The number of nitrogen functional groups attached to an aromatic ring is 1. The van der Waals surface area contributed by atoms with Crippen molar-refractivity contribution in [3.63, 3.8) is 0 Å². The second-order valence-corrected chi connectivity index (χ2v) is 4.50. The van der Waals surface area contributed by atoms with Gasteiger partial charge in [0, 0.05) is 13.6 Å². The summed E-state index contributed by atoms with van der Waals surface area (Å²) in [6, 6.07) is 0. The van der Waals surface area contributed by atoms with Crippen LogP contribution < -0.4 is 10.6 Å². The Balaban J connectivity index is 2.88. The van der Waals surface area contributed by atoms with E-state index < -0.39 is 5.97 Å². The van der Waals surface area contributed by atoms with Crippen molar-refractivity contribution in [3.05, 3.63) is 5.56 Å². The highest BCUT2D eigenvalue weighted by molar-refractivity contribution is 7.11. The van der Waals surface area contributed by atoms with Crippen molar-refractivity contribution in [1.82, 2.24) is 4.37 Å². The van der Waals surface area contributed by atoms with Gasteiger partial charge in [-0.1, -0.05) is 13.3 Å². The normalized spacial score (nSPS) is 10.3. The molecular weight excluding hydrogens is 238 g/mol. The molecule has 0 aromatic carbocycles. The monoisotopic (exact) mass is 257 g/mol. The number of aromatic nitrogens is 1. The molecule has 0 aliphatic heterocycles. The molecule has 0 amide bonds. The van der Waals surface area contributed by atoms with E-state index in [1.54, 1.807) is 6.92 Å². The smallest absolute Gasteiger partial charge is 0.345 e. The lowest BCUT2D eigenvalue weighted by Crippen LogP contribution is -2.20. The van der Waals surface area contributed by atoms with Crippen LogP contribution in [0.1, 0.15) is 37.0 Å². The molecule has 0 spiro atoms. The number of hydrogen-bond acceptors (Lipinski definition) is 6. The zero-order valence-electron chi connectivity index (χ0n) is 10.5. The van der Waals surface area contributed by atoms with Crippen LogP contribution in [-0.4, -0.2) is 30.5 Å². The first-order chi connectivity index (χ1) is 8.11. The van der Waals surface area contributed by atoms with Gasteiger partial charge in [0.2, 0.25) is 0 Å². The standard InChI is InChI=1S/C11H19N3O2S/c1-4-6-7-14(3)10-8(9(12)13-17-10)11(15)16-5-2/h4-7H2,1-3H3,(H2,12,13). The third-order valence-corrected chi connectivity index (χ3v) is 3.35. The van der Waals surface area contributed by atoms with Crippen LogP contribution in [0.3, 0.4) is 0 Å². The lowest BCUT2D eigenvalue weighted by Gasteiger charge is -2.17. The summed E-state index contributed by atoms with van der Waals surface area (Å²) in [4.78, 5) is 13.8. The Bertz CT molecular complexity index is 379. The Kier molecular flexibility index (Phi) is 5.21. The summed E-state index contributed by atoms with van der Waals surface area (Å²) in [5, 5.41) is 0.786. The molecular formula is C11H19N3O2S. The van der Waals surface area contributed by atoms with Gasteiger partial charge in [0.05, 0.1) is 6.61 Å². The number of anilines is 2. The molecule has 0 radical (unpaired) electrons. The van der Waals surface area contributed by atoms with Crippen molar-refractivity contribution in [1.29, 1.82) is 0 Å². The average molecular weight is 257 g/mol. The van der Waals surface area contributed by atoms with Gasteiger partial charge in [-0.05, 0) is 24.9 Å². The van der Waals surface area contributed by atoms with Gasteiger partial charge in [0.25, 0.3) is 0 Å². The third-order valence-electron chi connectivity index (χ3n) is 2.37. The van der Waals surface area contributed by atoms with Gasteiger partial charge in [-0.25, -0.2) is 4.79 Å². The van der Waals surface area contributed by atoms with Gasteiger partial charge in [-0.2, -0.15) is 4.37 Å². The molecule has 96 valence electrons. The van der Waals surface area contributed by atoms with Gasteiger partial charge < -0.3 is 15.4 Å². The van der Waals surface area contributed by atoms with E-state index >= 15 is 0 Å². The Labute approximate surface area is 106 Å². The second kappa shape index (κ2) is 6.44. The predicted octanol–water partition coefficient (Wildman–Crippen LogP) is 2.14. The van der Waals surface area contributed by atoms with Crippen molar-refractivity contribution in [2.75, 3.05) is 30.8 Å². The van der Waals surface area contributed by atoms with E-state index in [1.165, 1.54) is 11.5 Å². The molecule has 0 unspecified atom stereocenters. The maximum Gasteiger partial charge on any atom is 0.345 e. The summed E-state index contributed by atoms with van der Waals surface area (Å²) in [5.41, 5.74) is 6.11. The summed E-state index contributed by atoms with van der Waals surface area (Å²) in [5.74, 6) is -0.135. The van der Waals surface area contributed by atoms with E-state index in [0.717, 1.165) is 24.4 Å². The molecule has 0 bridgehead atoms.